The number of likely N-dealkylation sites (tertiary alicyclic amines) is 2. The van der Waals surface area contributed by atoms with Crippen LogP contribution in [0.5, 0.6) is 0 Å². The number of rotatable bonds is 4. The molecule has 1 aromatic carbocycles. The van der Waals surface area contributed by atoms with Crippen LogP contribution in [-0.2, 0) is 17.4 Å². The second kappa shape index (κ2) is 8.85. The lowest BCUT2D eigenvalue weighted by atomic mass is 9.78. The van der Waals surface area contributed by atoms with E-state index in [1.54, 1.807) is 6.07 Å². The van der Waals surface area contributed by atoms with Gasteiger partial charge in [-0.2, -0.15) is 13.2 Å². The van der Waals surface area contributed by atoms with Crippen molar-refractivity contribution in [3.05, 3.63) is 35.4 Å². The fourth-order valence-corrected chi connectivity index (χ4v) is 4.72. The molecule has 2 aliphatic heterocycles. The zero-order valence-corrected chi connectivity index (χ0v) is 16.8. The van der Waals surface area contributed by atoms with Crippen molar-refractivity contribution in [3.63, 3.8) is 0 Å². The summed E-state index contributed by atoms with van der Waals surface area (Å²) in [6.07, 6.45) is 0.603. The smallest absolute Gasteiger partial charge is 0.342 e. The normalized spacial score (nSPS) is 21.7. The van der Waals surface area contributed by atoms with Gasteiger partial charge in [0.1, 0.15) is 0 Å². The Morgan fingerprint density at radius 1 is 1.07 bits per heavy atom. The van der Waals surface area contributed by atoms with Gasteiger partial charge < -0.3 is 9.80 Å². The summed E-state index contributed by atoms with van der Waals surface area (Å²) in [4.78, 5) is 17.1. The van der Waals surface area contributed by atoms with Gasteiger partial charge in [0.05, 0.1) is 5.56 Å². The van der Waals surface area contributed by atoms with Gasteiger partial charge in [-0.15, -0.1) is 0 Å². The second-order valence-electron chi connectivity index (χ2n) is 8.61. The van der Waals surface area contributed by atoms with Crippen LogP contribution in [0.1, 0.15) is 43.7 Å². The number of halogens is 3. The summed E-state index contributed by atoms with van der Waals surface area (Å²) in [5, 5.41) is 0. The van der Waals surface area contributed by atoms with Crippen molar-refractivity contribution in [2.24, 2.45) is 17.8 Å². The molecule has 0 saturated carbocycles. The number of amides is 1. The minimum Gasteiger partial charge on any atom is -0.342 e. The Balaban J connectivity index is 1.51. The molecule has 0 spiro atoms. The average Bonchev–Trinajstić information content (AvgIpc) is 2.68. The van der Waals surface area contributed by atoms with Crippen LogP contribution in [0.25, 0.3) is 0 Å². The third kappa shape index (κ3) is 5.28. The van der Waals surface area contributed by atoms with Crippen molar-refractivity contribution < 1.29 is 18.0 Å². The maximum absolute atomic E-state index is 12.9. The lowest BCUT2D eigenvalue weighted by Gasteiger charge is -2.40. The molecule has 1 atom stereocenters. The van der Waals surface area contributed by atoms with E-state index >= 15 is 0 Å². The SMILES string of the molecule is C[C@H](Cc1cccc(C(F)(F)F)c1)C(=O)N1CCC(C2CCN(C)CC2)CC1. The quantitative estimate of drug-likeness (QED) is 0.750. The van der Waals surface area contributed by atoms with Gasteiger partial charge in [-0.1, -0.05) is 25.1 Å². The molecule has 0 radical (unpaired) electrons. The topological polar surface area (TPSA) is 23.6 Å². The van der Waals surface area contributed by atoms with Gasteiger partial charge >= 0.3 is 6.18 Å². The molecule has 0 N–H and O–H groups in total. The van der Waals surface area contributed by atoms with Gasteiger partial charge in [0, 0.05) is 19.0 Å². The van der Waals surface area contributed by atoms with Crippen LogP contribution in [-0.4, -0.2) is 48.9 Å². The first-order valence-electron chi connectivity index (χ1n) is 10.4. The summed E-state index contributed by atoms with van der Waals surface area (Å²) < 4.78 is 38.7. The van der Waals surface area contributed by atoms with Crippen molar-refractivity contribution in [3.8, 4) is 0 Å². The lowest BCUT2D eigenvalue weighted by molar-refractivity contribution is -0.137. The molecule has 3 rings (SSSR count). The fourth-order valence-electron chi connectivity index (χ4n) is 4.72. The first-order valence-corrected chi connectivity index (χ1v) is 10.4. The van der Waals surface area contributed by atoms with E-state index in [1.165, 1.54) is 18.9 Å². The standard InChI is InChI=1S/C22H31F3N2O/c1-16(14-17-4-3-5-20(15-17)22(23,24)25)21(28)27-12-8-19(9-13-27)18-6-10-26(2)11-7-18/h3-5,15-16,18-19H,6-14H2,1-2H3/t16-/m1/s1. The molecule has 3 nitrogen and oxygen atoms in total. The molecule has 6 heteroatoms. The maximum Gasteiger partial charge on any atom is 0.416 e. The molecule has 1 amide bonds. The van der Waals surface area contributed by atoms with Crippen molar-refractivity contribution in [1.29, 1.82) is 0 Å². The second-order valence-corrected chi connectivity index (χ2v) is 8.61. The molecule has 0 aromatic heterocycles. The first-order chi connectivity index (χ1) is 13.2. The van der Waals surface area contributed by atoms with Gasteiger partial charge in [-0.3, -0.25) is 4.79 Å². The predicted molar refractivity (Wildman–Crippen MR) is 104 cm³/mol. The van der Waals surface area contributed by atoms with E-state index in [1.807, 2.05) is 11.8 Å². The van der Waals surface area contributed by atoms with E-state index in [4.69, 9.17) is 0 Å². The number of alkyl halides is 3. The van der Waals surface area contributed by atoms with Crippen molar-refractivity contribution in [2.75, 3.05) is 33.2 Å². The highest BCUT2D eigenvalue weighted by atomic mass is 19.4. The third-order valence-corrected chi connectivity index (χ3v) is 6.50. The summed E-state index contributed by atoms with van der Waals surface area (Å²) in [5.41, 5.74) is -0.0829. The largest absolute Gasteiger partial charge is 0.416 e. The Labute approximate surface area is 165 Å². The predicted octanol–water partition coefficient (Wildman–Crippen LogP) is 4.46. The molecule has 2 saturated heterocycles. The van der Waals surface area contributed by atoms with E-state index in [-0.39, 0.29) is 11.8 Å². The van der Waals surface area contributed by atoms with E-state index < -0.39 is 11.7 Å². The van der Waals surface area contributed by atoms with Crippen molar-refractivity contribution >= 4 is 5.91 Å². The molecular formula is C22H31F3N2O. The third-order valence-electron chi connectivity index (χ3n) is 6.50. The van der Waals surface area contributed by atoms with Crippen molar-refractivity contribution in [1.82, 2.24) is 9.80 Å². The number of hydrogen-bond acceptors (Lipinski definition) is 2. The molecule has 1 aromatic rings. The summed E-state index contributed by atoms with van der Waals surface area (Å²) in [6.45, 7) is 5.72. The summed E-state index contributed by atoms with van der Waals surface area (Å²) in [6, 6.07) is 5.33. The number of piperidine rings is 2. The molecule has 0 unspecified atom stereocenters. The zero-order valence-electron chi connectivity index (χ0n) is 16.8. The minimum absolute atomic E-state index is 0.0687. The van der Waals surface area contributed by atoms with Crippen LogP contribution in [0.4, 0.5) is 13.2 Å². The molecule has 2 heterocycles. The van der Waals surface area contributed by atoms with Crippen molar-refractivity contribution in [2.45, 2.75) is 45.2 Å². The lowest BCUT2D eigenvalue weighted by Crippen LogP contribution is -2.44. The summed E-state index contributed by atoms with van der Waals surface area (Å²) >= 11 is 0. The minimum atomic E-state index is -4.35. The van der Waals surface area contributed by atoms with E-state index in [0.717, 1.165) is 57.1 Å². The van der Waals surface area contributed by atoms with Gasteiger partial charge in [-0.25, -0.2) is 0 Å². The highest BCUT2D eigenvalue weighted by molar-refractivity contribution is 5.78. The van der Waals surface area contributed by atoms with E-state index in [2.05, 4.69) is 11.9 Å². The van der Waals surface area contributed by atoms with E-state index in [9.17, 15) is 18.0 Å². The number of benzene rings is 1. The molecule has 28 heavy (non-hydrogen) atoms. The van der Waals surface area contributed by atoms with Crippen LogP contribution in [0.15, 0.2) is 24.3 Å². The Bertz CT molecular complexity index is 660. The van der Waals surface area contributed by atoms with Gasteiger partial charge in [0.25, 0.3) is 0 Å². The molecule has 156 valence electrons. The number of carbonyl (C=O) groups excluding carboxylic acids is 1. The van der Waals surface area contributed by atoms with Crippen LogP contribution >= 0.6 is 0 Å². The monoisotopic (exact) mass is 396 g/mol. The van der Waals surface area contributed by atoms with Crippen LogP contribution in [0.2, 0.25) is 0 Å². The Hall–Kier alpha value is -1.56. The van der Waals surface area contributed by atoms with Crippen LogP contribution in [0.3, 0.4) is 0 Å². The highest BCUT2D eigenvalue weighted by Gasteiger charge is 2.32. The van der Waals surface area contributed by atoms with E-state index in [0.29, 0.717) is 17.9 Å². The summed E-state index contributed by atoms with van der Waals surface area (Å²) in [5.74, 6) is 1.25. The molecule has 0 bridgehead atoms. The Morgan fingerprint density at radius 3 is 2.21 bits per heavy atom. The van der Waals surface area contributed by atoms with Gasteiger partial charge in [-0.05, 0) is 75.7 Å². The number of carbonyl (C=O) groups is 1. The Morgan fingerprint density at radius 2 is 1.64 bits per heavy atom. The van der Waals surface area contributed by atoms with Crippen LogP contribution < -0.4 is 0 Å². The first kappa shape index (κ1) is 21.2. The zero-order chi connectivity index (χ0) is 20.3. The van der Waals surface area contributed by atoms with Gasteiger partial charge in [0.2, 0.25) is 5.91 Å². The van der Waals surface area contributed by atoms with Gasteiger partial charge in [0.15, 0.2) is 0 Å². The number of nitrogens with zero attached hydrogens (tertiary/aromatic N) is 2. The number of hydrogen-bond donors (Lipinski definition) is 0. The Kier molecular flexibility index (Phi) is 6.69. The fraction of sp³-hybridized carbons (Fsp3) is 0.682. The molecule has 2 aliphatic rings. The van der Waals surface area contributed by atoms with Crippen LogP contribution in [0, 0.1) is 17.8 Å². The average molecular weight is 396 g/mol. The summed E-state index contributed by atoms with van der Waals surface area (Å²) in [7, 11) is 2.17. The molecule has 0 aliphatic carbocycles. The highest BCUT2D eigenvalue weighted by Crippen LogP contribution is 2.33. The molecule has 2 fully saturated rings. The maximum atomic E-state index is 12.9. The molecular weight excluding hydrogens is 365 g/mol.